The molecule has 0 radical (unpaired) electrons. The van der Waals surface area contributed by atoms with Crippen LogP contribution in [0.4, 0.5) is 0 Å². The number of nitriles is 1. The first-order chi connectivity index (χ1) is 7.33. The van der Waals surface area contributed by atoms with Crippen LogP contribution in [0.2, 0.25) is 0 Å². The van der Waals surface area contributed by atoms with Crippen molar-refractivity contribution in [2.45, 2.75) is 56.7 Å². The molecule has 0 heterocycles. The Morgan fingerprint density at radius 3 is 2.67 bits per heavy atom. The lowest BCUT2D eigenvalue weighted by Gasteiger charge is -2.39. The van der Waals surface area contributed by atoms with Gasteiger partial charge >= 0.3 is 0 Å². The van der Waals surface area contributed by atoms with Crippen LogP contribution in [0.25, 0.3) is 0 Å². The van der Waals surface area contributed by atoms with E-state index in [9.17, 15) is 0 Å². The van der Waals surface area contributed by atoms with E-state index in [-0.39, 0.29) is 5.92 Å². The summed E-state index contributed by atoms with van der Waals surface area (Å²) in [7, 11) is 1.78. The number of nitrogens with zero attached hydrogens (tertiary/aromatic N) is 1. The third kappa shape index (κ3) is 2.50. The van der Waals surface area contributed by atoms with E-state index in [1.165, 1.54) is 19.3 Å². The largest absolute Gasteiger partial charge is 0.381 e. The van der Waals surface area contributed by atoms with E-state index in [1.54, 1.807) is 7.11 Å². The minimum atomic E-state index is 0.236. The van der Waals surface area contributed by atoms with Gasteiger partial charge in [-0.2, -0.15) is 5.26 Å². The Balaban J connectivity index is 1.76. The SMILES string of the molecule is COC1CC(NC2CCCCC2C#N)C1. The van der Waals surface area contributed by atoms with Gasteiger partial charge < -0.3 is 10.1 Å². The molecule has 2 unspecified atom stereocenters. The minimum absolute atomic E-state index is 0.236. The van der Waals surface area contributed by atoms with Gasteiger partial charge in [-0.3, -0.25) is 0 Å². The van der Waals surface area contributed by atoms with Crippen LogP contribution in [0, 0.1) is 17.2 Å². The maximum absolute atomic E-state index is 9.05. The first kappa shape index (κ1) is 10.9. The molecule has 0 saturated heterocycles. The lowest BCUT2D eigenvalue weighted by molar-refractivity contribution is 0.0113. The first-order valence-corrected chi connectivity index (χ1v) is 6.02. The van der Waals surface area contributed by atoms with E-state index in [4.69, 9.17) is 10.00 Å². The smallest absolute Gasteiger partial charge is 0.0672 e. The molecule has 0 bridgehead atoms. The quantitative estimate of drug-likeness (QED) is 0.769. The molecule has 0 aliphatic heterocycles. The summed E-state index contributed by atoms with van der Waals surface area (Å²) in [5.74, 6) is 0.236. The second-order valence-corrected chi connectivity index (χ2v) is 4.82. The first-order valence-electron chi connectivity index (χ1n) is 6.02. The van der Waals surface area contributed by atoms with E-state index in [1.807, 2.05) is 0 Å². The Morgan fingerprint density at radius 2 is 2.00 bits per heavy atom. The summed E-state index contributed by atoms with van der Waals surface area (Å²) in [5.41, 5.74) is 0. The highest BCUT2D eigenvalue weighted by Crippen LogP contribution is 2.28. The third-order valence-electron chi connectivity index (χ3n) is 3.81. The van der Waals surface area contributed by atoms with E-state index in [2.05, 4.69) is 11.4 Å². The van der Waals surface area contributed by atoms with Crippen LogP contribution in [-0.4, -0.2) is 25.3 Å². The van der Waals surface area contributed by atoms with Crippen LogP contribution < -0.4 is 5.32 Å². The van der Waals surface area contributed by atoms with E-state index in [0.717, 1.165) is 19.3 Å². The summed E-state index contributed by atoms with van der Waals surface area (Å²) in [6.07, 6.45) is 7.43. The molecule has 2 fully saturated rings. The molecule has 2 aliphatic rings. The van der Waals surface area contributed by atoms with Crippen molar-refractivity contribution in [1.29, 1.82) is 5.26 Å². The second kappa shape index (κ2) is 4.96. The van der Waals surface area contributed by atoms with Gasteiger partial charge in [0.15, 0.2) is 0 Å². The van der Waals surface area contributed by atoms with Crippen molar-refractivity contribution in [3.63, 3.8) is 0 Å². The van der Waals surface area contributed by atoms with Gasteiger partial charge in [-0.15, -0.1) is 0 Å². The standard InChI is InChI=1S/C12H20N2O/c1-15-11-6-10(7-11)14-12-5-3-2-4-9(12)8-13/h9-12,14H,2-7H2,1H3. The van der Waals surface area contributed by atoms with Gasteiger partial charge in [0.05, 0.1) is 18.1 Å². The zero-order valence-electron chi connectivity index (χ0n) is 9.41. The fraction of sp³-hybridized carbons (Fsp3) is 0.917. The van der Waals surface area contributed by atoms with Gasteiger partial charge in [0, 0.05) is 19.2 Å². The second-order valence-electron chi connectivity index (χ2n) is 4.82. The lowest BCUT2D eigenvalue weighted by Crippen LogP contribution is -2.51. The number of nitrogens with one attached hydrogen (secondary N) is 1. The topological polar surface area (TPSA) is 45.0 Å². The van der Waals surface area contributed by atoms with Crippen LogP contribution in [0.1, 0.15) is 38.5 Å². The van der Waals surface area contributed by atoms with Crippen molar-refractivity contribution < 1.29 is 4.74 Å². The molecule has 3 nitrogen and oxygen atoms in total. The van der Waals surface area contributed by atoms with Crippen molar-refractivity contribution in [3.05, 3.63) is 0 Å². The molecule has 2 rings (SSSR count). The molecule has 15 heavy (non-hydrogen) atoms. The van der Waals surface area contributed by atoms with Crippen molar-refractivity contribution in [3.8, 4) is 6.07 Å². The molecule has 3 heteroatoms. The van der Waals surface area contributed by atoms with Gasteiger partial charge in [-0.05, 0) is 25.7 Å². The average molecular weight is 208 g/mol. The highest BCUT2D eigenvalue weighted by Gasteiger charge is 2.33. The van der Waals surface area contributed by atoms with Gasteiger partial charge in [0.2, 0.25) is 0 Å². The molecule has 0 spiro atoms. The highest BCUT2D eigenvalue weighted by atomic mass is 16.5. The number of hydrogen-bond donors (Lipinski definition) is 1. The van der Waals surface area contributed by atoms with Crippen molar-refractivity contribution in [2.24, 2.45) is 5.92 Å². The summed E-state index contributed by atoms with van der Waals surface area (Å²) >= 11 is 0. The summed E-state index contributed by atoms with van der Waals surface area (Å²) in [6, 6.07) is 3.47. The predicted octanol–water partition coefficient (Wildman–Crippen LogP) is 1.84. The normalized spacial score (nSPS) is 40.5. The number of rotatable bonds is 3. The molecular formula is C12H20N2O. The number of ether oxygens (including phenoxy) is 1. The number of methoxy groups -OCH3 is 1. The molecule has 1 N–H and O–H groups in total. The van der Waals surface area contributed by atoms with E-state index < -0.39 is 0 Å². The Kier molecular flexibility index (Phi) is 3.61. The third-order valence-corrected chi connectivity index (χ3v) is 3.81. The van der Waals surface area contributed by atoms with E-state index in [0.29, 0.717) is 18.2 Å². The summed E-state index contributed by atoms with van der Waals surface area (Å²) in [5, 5.41) is 12.7. The van der Waals surface area contributed by atoms with E-state index >= 15 is 0 Å². The zero-order chi connectivity index (χ0) is 10.7. The Hall–Kier alpha value is -0.590. The maximum Gasteiger partial charge on any atom is 0.0672 e. The fourth-order valence-corrected chi connectivity index (χ4v) is 2.68. The molecular weight excluding hydrogens is 188 g/mol. The Morgan fingerprint density at radius 1 is 1.27 bits per heavy atom. The molecule has 2 aliphatic carbocycles. The summed E-state index contributed by atoms with van der Waals surface area (Å²) in [4.78, 5) is 0. The molecule has 0 aromatic carbocycles. The Bertz CT molecular complexity index is 242. The van der Waals surface area contributed by atoms with Crippen LogP contribution in [0.15, 0.2) is 0 Å². The van der Waals surface area contributed by atoms with Crippen LogP contribution in [0.5, 0.6) is 0 Å². The lowest BCUT2D eigenvalue weighted by atomic mass is 9.82. The zero-order valence-corrected chi connectivity index (χ0v) is 9.41. The van der Waals surface area contributed by atoms with Crippen LogP contribution >= 0.6 is 0 Å². The maximum atomic E-state index is 9.05. The van der Waals surface area contributed by atoms with Crippen LogP contribution in [-0.2, 0) is 4.74 Å². The molecule has 0 aromatic rings. The summed E-state index contributed by atoms with van der Waals surface area (Å²) < 4.78 is 5.25. The predicted molar refractivity (Wildman–Crippen MR) is 58.3 cm³/mol. The highest BCUT2D eigenvalue weighted by molar-refractivity contribution is 4.98. The molecule has 84 valence electrons. The van der Waals surface area contributed by atoms with Crippen molar-refractivity contribution in [2.75, 3.05) is 7.11 Å². The summed E-state index contributed by atoms with van der Waals surface area (Å²) in [6.45, 7) is 0. The van der Waals surface area contributed by atoms with Gasteiger partial charge in [-0.25, -0.2) is 0 Å². The molecule has 0 amide bonds. The van der Waals surface area contributed by atoms with Gasteiger partial charge in [0.1, 0.15) is 0 Å². The molecule has 2 saturated carbocycles. The molecule has 2 atom stereocenters. The van der Waals surface area contributed by atoms with Crippen LogP contribution in [0.3, 0.4) is 0 Å². The van der Waals surface area contributed by atoms with Crippen molar-refractivity contribution in [1.82, 2.24) is 5.32 Å². The minimum Gasteiger partial charge on any atom is -0.381 e. The monoisotopic (exact) mass is 208 g/mol. The molecule has 0 aromatic heterocycles. The Labute approximate surface area is 91.8 Å². The van der Waals surface area contributed by atoms with Crippen molar-refractivity contribution >= 4 is 0 Å². The average Bonchev–Trinajstić information content (AvgIpc) is 2.23. The number of hydrogen-bond acceptors (Lipinski definition) is 3. The fourth-order valence-electron chi connectivity index (χ4n) is 2.68. The van der Waals surface area contributed by atoms with Gasteiger partial charge in [-0.1, -0.05) is 12.8 Å². The van der Waals surface area contributed by atoms with Gasteiger partial charge in [0.25, 0.3) is 0 Å².